The van der Waals surface area contributed by atoms with E-state index in [1.807, 2.05) is 17.5 Å². The maximum atomic E-state index is 13.1. The van der Waals surface area contributed by atoms with Crippen molar-refractivity contribution in [1.82, 2.24) is 9.62 Å². The molecule has 31 heavy (non-hydrogen) atoms. The number of carbonyl (C=O) groups is 1. The van der Waals surface area contributed by atoms with Gasteiger partial charge in [-0.25, -0.2) is 8.42 Å². The molecule has 0 radical (unpaired) electrons. The highest BCUT2D eigenvalue weighted by Gasteiger charge is 2.29. The van der Waals surface area contributed by atoms with Gasteiger partial charge in [-0.05, 0) is 60.2 Å². The summed E-state index contributed by atoms with van der Waals surface area (Å²) in [7, 11) is -3.66. The van der Waals surface area contributed by atoms with E-state index in [-0.39, 0.29) is 10.8 Å². The van der Waals surface area contributed by atoms with Gasteiger partial charge in [0, 0.05) is 36.7 Å². The van der Waals surface area contributed by atoms with Crippen LogP contribution in [0, 0.1) is 0 Å². The molecular weight excluding hydrogens is 436 g/mol. The molecule has 3 heterocycles. The van der Waals surface area contributed by atoms with Crippen molar-refractivity contribution in [1.29, 1.82) is 0 Å². The fourth-order valence-corrected chi connectivity index (χ4v) is 5.78. The molecule has 1 aliphatic heterocycles. The van der Waals surface area contributed by atoms with Crippen LogP contribution < -0.4 is 5.32 Å². The quantitative estimate of drug-likeness (QED) is 0.494. The van der Waals surface area contributed by atoms with Crippen molar-refractivity contribution in [3.63, 3.8) is 0 Å². The van der Waals surface area contributed by atoms with E-state index in [2.05, 4.69) is 5.32 Å². The smallest absolute Gasteiger partial charge is 0.251 e. The van der Waals surface area contributed by atoms with E-state index in [1.54, 1.807) is 35.8 Å². The van der Waals surface area contributed by atoms with Crippen molar-refractivity contribution in [3.8, 4) is 0 Å². The van der Waals surface area contributed by atoms with Crippen molar-refractivity contribution in [2.45, 2.75) is 30.9 Å². The van der Waals surface area contributed by atoms with Crippen LogP contribution in [0.2, 0.25) is 0 Å². The Hall–Kier alpha value is -2.46. The van der Waals surface area contributed by atoms with Gasteiger partial charge < -0.3 is 14.5 Å². The number of hydrogen-bond acceptors (Lipinski definition) is 6. The second-order valence-corrected chi connectivity index (χ2v) is 10.2. The van der Waals surface area contributed by atoms with E-state index < -0.39 is 10.0 Å². The minimum atomic E-state index is -3.66. The summed E-state index contributed by atoms with van der Waals surface area (Å²) < 4.78 is 38.3. The predicted molar refractivity (Wildman–Crippen MR) is 117 cm³/mol. The number of fused-ring (bicyclic) bond motifs is 1. The van der Waals surface area contributed by atoms with Gasteiger partial charge in [0.15, 0.2) is 0 Å². The third-order valence-electron chi connectivity index (χ3n) is 5.08. The van der Waals surface area contributed by atoms with Crippen LogP contribution in [0.15, 0.2) is 63.4 Å². The van der Waals surface area contributed by atoms with E-state index in [0.29, 0.717) is 51.3 Å². The highest BCUT2D eigenvalue weighted by molar-refractivity contribution is 7.89. The van der Waals surface area contributed by atoms with Gasteiger partial charge in [0.1, 0.15) is 12.4 Å². The van der Waals surface area contributed by atoms with Crippen LogP contribution in [0.5, 0.6) is 0 Å². The van der Waals surface area contributed by atoms with Crippen LogP contribution in [-0.4, -0.2) is 38.3 Å². The third-order valence-corrected chi connectivity index (χ3v) is 7.95. The fraction of sp³-hybridized carbons (Fsp3) is 0.318. The van der Waals surface area contributed by atoms with Gasteiger partial charge in [0.2, 0.25) is 10.0 Å². The molecule has 0 saturated carbocycles. The molecule has 0 atom stereocenters. The maximum Gasteiger partial charge on any atom is 0.251 e. The molecule has 0 unspecified atom stereocenters. The summed E-state index contributed by atoms with van der Waals surface area (Å²) >= 11 is 1.66. The highest BCUT2D eigenvalue weighted by atomic mass is 32.2. The minimum absolute atomic E-state index is 0.139. The number of hydrogen-bond donors (Lipinski definition) is 1. The number of carbonyl (C=O) groups excluding carboxylic acids is 1. The second-order valence-electron chi connectivity index (χ2n) is 7.23. The molecule has 3 aromatic rings. The molecule has 1 aliphatic rings. The topological polar surface area (TPSA) is 88.8 Å². The Morgan fingerprint density at radius 2 is 2.13 bits per heavy atom. The van der Waals surface area contributed by atoms with Crippen molar-refractivity contribution < 1.29 is 22.4 Å². The Kier molecular flexibility index (Phi) is 6.86. The summed E-state index contributed by atoms with van der Waals surface area (Å²) in [6, 6.07) is 11.8. The average molecular weight is 461 g/mol. The van der Waals surface area contributed by atoms with Crippen molar-refractivity contribution >= 4 is 27.3 Å². The molecule has 0 saturated heterocycles. The van der Waals surface area contributed by atoms with Crippen LogP contribution in [0.25, 0.3) is 0 Å². The van der Waals surface area contributed by atoms with Crippen molar-refractivity contribution in [2.24, 2.45) is 0 Å². The van der Waals surface area contributed by atoms with Gasteiger partial charge >= 0.3 is 0 Å². The number of benzene rings is 1. The molecule has 7 nitrogen and oxygen atoms in total. The summed E-state index contributed by atoms with van der Waals surface area (Å²) in [6.45, 7) is 2.13. The van der Waals surface area contributed by atoms with Crippen LogP contribution in [0.4, 0.5) is 0 Å². The molecule has 1 N–H and O–H groups in total. The maximum absolute atomic E-state index is 13.1. The Labute approximate surface area is 185 Å². The fourth-order valence-electron chi connectivity index (χ4n) is 3.42. The standard InChI is InChI=1S/C22H24N2O5S2/c25-22(23-9-3-11-28-16-19-5-2-12-29-19)17-4-1-6-20(14-17)31(26,27)24-10-7-21-18(15-24)8-13-30-21/h1-2,4-6,8,12-14H,3,7,9-11,15-16H2,(H,23,25). The number of sulfonamides is 1. The van der Waals surface area contributed by atoms with Gasteiger partial charge in [-0.15, -0.1) is 11.3 Å². The molecule has 4 rings (SSSR count). The number of amides is 1. The molecule has 164 valence electrons. The molecular formula is C22H24N2O5S2. The first-order valence-electron chi connectivity index (χ1n) is 10.1. The lowest BCUT2D eigenvalue weighted by atomic mass is 10.1. The normalized spacial score (nSPS) is 14.3. The zero-order chi connectivity index (χ0) is 21.7. The van der Waals surface area contributed by atoms with Crippen molar-refractivity contribution in [3.05, 3.63) is 75.9 Å². The average Bonchev–Trinajstić information content (AvgIpc) is 3.47. The number of nitrogens with zero attached hydrogens (tertiary/aromatic N) is 1. The van der Waals surface area contributed by atoms with E-state index in [0.717, 1.165) is 11.3 Å². The predicted octanol–water partition coefficient (Wildman–Crippen LogP) is 3.42. The van der Waals surface area contributed by atoms with Crippen LogP contribution in [0.1, 0.15) is 33.0 Å². The molecule has 0 spiro atoms. The van der Waals surface area contributed by atoms with Crippen LogP contribution in [-0.2, 0) is 34.3 Å². The van der Waals surface area contributed by atoms with Gasteiger partial charge in [-0.1, -0.05) is 6.07 Å². The van der Waals surface area contributed by atoms with E-state index in [1.165, 1.54) is 21.3 Å². The second kappa shape index (κ2) is 9.78. The Morgan fingerprint density at radius 3 is 2.97 bits per heavy atom. The summed E-state index contributed by atoms with van der Waals surface area (Å²) in [5.74, 6) is 0.452. The van der Waals surface area contributed by atoms with Gasteiger partial charge in [0.25, 0.3) is 5.91 Å². The first-order chi connectivity index (χ1) is 15.0. The van der Waals surface area contributed by atoms with Gasteiger partial charge in [-0.2, -0.15) is 4.31 Å². The summed E-state index contributed by atoms with van der Waals surface area (Å²) in [5, 5.41) is 4.80. The molecule has 1 amide bonds. The zero-order valence-electron chi connectivity index (χ0n) is 17.0. The number of nitrogens with one attached hydrogen (secondary N) is 1. The van der Waals surface area contributed by atoms with E-state index >= 15 is 0 Å². The Balaban J connectivity index is 1.30. The number of rotatable bonds is 9. The van der Waals surface area contributed by atoms with Crippen LogP contribution >= 0.6 is 11.3 Å². The number of ether oxygens (including phenoxy) is 1. The summed E-state index contributed by atoms with van der Waals surface area (Å²) in [5.41, 5.74) is 1.38. The Morgan fingerprint density at radius 1 is 1.23 bits per heavy atom. The molecule has 2 aromatic heterocycles. The number of furan rings is 1. The molecule has 1 aromatic carbocycles. The Bertz CT molecular complexity index is 1120. The van der Waals surface area contributed by atoms with E-state index in [4.69, 9.17) is 9.15 Å². The summed E-state index contributed by atoms with van der Waals surface area (Å²) in [4.78, 5) is 13.9. The first-order valence-corrected chi connectivity index (χ1v) is 12.4. The van der Waals surface area contributed by atoms with E-state index in [9.17, 15) is 13.2 Å². The van der Waals surface area contributed by atoms with Crippen LogP contribution in [0.3, 0.4) is 0 Å². The van der Waals surface area contributed by atoms with Gasteiger partial charge in [-0.3, -0.25) is 4.79 Å². The largest absolute Gasteiger partial charge is 0.467 e. The molecule has 0 aliphatic carbocycles. The lowest BCUT2D eigenvalue weighted by molar-refractivity contribution is 0.0917. The molecule has 0 bridgehead atoms. The number of thiophene rings is 1. The SMILES string of the molecule is O=C(NCCCOCc1ccco1)c1cccc(S(=O)(=O)N2CCc3sccc3C2)c1. The minimum Gasteiger partial charge on any atom is -0.467 e. The first kappa shape index (κ1) is 21.8. The van der Waals surface area contributed by atoms with Crippen molar-refractivity contribution in [2.75, 3.05) is 19.7 Å². The summed E-state index contributed by atoms with van der Waals surface area (Å²) in [6.07, 6.45) is 2.95. The third kappa shape index (κ3) is 5.24. The zero-order valence-corrected chi connectivity index (χ0v) is 18.6. The lowest BCUT2D eigenvalue weighted by Gasteiger charge is -2.26. The monoisotopic (exact) mass is 460 g/mol. The highest BCUT2D eigenvalue weighted by Crippen LogP contribution is 2.28. The van der Waals surface area contributed by atoms with Gasteiger partial charge in [0.05, 0.1) is 11.2 Å². The molecule has 0 fully saturated rings. The molecule has 9 heteroatoms. The lowest BCUT2D eigenvalue weighted by Crippen LogP contribution is -2.35.